The van der Waals surface area contributed by atoms with Crippen LogP contribution in [0.1, 0.15) is 0 Å². The van der Waals surface area contributed by atoms with Crippen molar-refractivity contribution >= 4 is 76.1 Å². The average Bonchev–Trinajstić information content (AvgIpc) is 3.87. The van der Waals surface area contributed by atoms with Gasteiger partial charge in [-0.3, -0.25) is 0 Å². The Labute approximate surface area is 355 Å². The summed E-state index contributed by atoms with van der Waals surface area (Å²) in [5, 5.41) is 11.4. The van der Waals surface area contributed by atoms with Crippen molar-refractivity contribution in [2.75, 3.05) is 0 Å². The lowest BCUT2D eigenvalue weighted by Crippen LogP contribution is -2.04. The molecule has 5 heteroatoms. The van der Waals surface area contributed by atoms with Gasteiger partial charge in [-0.05, 0) is 92.0 Å². The van der Waals surface area contributed by atoms with Gasteiger partial charge < -0.3 is 8.98 Å². The van der Waals surface area contributed by atoms with E-state index < -0.39 is 0 Å². The quantitative estimate of drug-likeness (QED) is 0.174. The van der Waals surface area contributed by atoms with Crippen LogP contribution in [-0.4, -0.2) is 19.5 Å². The third-order valence-electron chi connectivity index (χ3n) is 12.4. The monoisotopic (exact) mass is 790 g/mol. The molecule has 0 spiro atoms. The van der Waals surface area contributed by atoms with E-state index in [9.17, 15) is 0 Å². The molecule has 0 aliphatic heterocycles. The van der Waals surface area contributed by atoms with Gasteiger partial charge in [0.2, 0.25) is 0 Å². The highest BCUT2D eigenvalue weighted by molar-refractivity contribution is 6.20. The fraction of sp³-hybridized carbons (Fsp3) is 0. The Morgan fingerprint density at radius 3 is 1.50 bits per heavy atom. The van der Waals surface area contributed by atoms with Gasteiger partial charge in [-0.15, -0.1) is 0 Å². The summed E-state index contributed by atoms with van der Waals surface area (Å²) in [6.45, 7) is 0. The maximum atomic E-state index is 6.65. The zero-order valence-electron chi connectivity index (χ0n) is 33.3. The molecule has 0 bridgehead atoms. The SMILES string of the molecule is c1ccc(-c2ccc(-c3nc(-c4ccc5ccccc5c4)nc(-c4ccc5oc6ccccc6c5c4-n4c5cc6ccccc6cc5c5cc6ccccc6cc54)n3)cc2)cc1. The zero-order chi connectivity index (χ0) is 40.7. The van der Waals surface area contributed by atoms with Gasteiger partial charge in [0.15, 0.2) is 17.5 Å². The lowest BCUT2D eigenvalue weighted by molar-refractivity contribution is 0.669. The van der Waals surface area contributed by atoms with E-state index in [2.05, 4.69) is 193 Å². The van der Waals surface area contributed by atoms with Crippen molar-refractivity contribution in [2.24, 2.45) is 0 Å². The molecule has 0 unspecified atom stereocenters. The summed E-state index contributed by atoms with van der Waals surface area (Å²) in [6, 6.07) is 72.8. The average molecular weight is 791 g/mol. The molecule has 62 heavy (non-hydrogen) atoms. The minimum absolute atomic E-state index is 0.573. The van der Waals surface area contributed by atoms with Gasteiger partial charge in [0.1, 0.15) is 11.2 Å². The molecule has 3 heterocycles. The third kappa shape index (κ3) is 5.45. The second-order valence-electron chi connectivity index (χ2n) is 16.0. The molecule has 0 aliphatic rings. The van der Waals surface area contributed by atoms with Crippen LogP contribution >= 0.6 is 0 Å². The molecule has 0 N–H and O–H groups in total. The van der Waals surface area contributed by atoms with E-state index in [4.69, 9.17) is 19.4 Å². The topological polar surface area (TPSA) is 56.7 Å². The number of para-hydroxylation sites is 1. The smallest absolute Gasteiger partial charge is 0.166 e. The predicted octanol–water partition coefficient (Wildman–Crippen LogP) is 15.0. The minimum atomic E-state index is 0.573. The Morgan fingerprint density at radius 1 is 0.323 bits per heavy atom. The Morgan fingerprint density at radius 2 is 0.823 bits per heavy atom. The first kappa shape index (κ1) is 34.5. The molecule has 13 aromatic rings. The number of benzene rings is 10. The van der Waals surface area contributed by atoms with Gasteiger partial charge in [0, 0.05) is 32.8 Å². The number of nitrogens with zero attached hydrogens (tertiary/aromatic N) is 4. The Hall–Kier alpha value is -8.41. The van der Waals surface area contributed by atoms with Crippen molar-refractivity contribution in [3.63, 3.8) is 0 Å². The second-order valence-corrected chi connectivity index (χ2v) is 16.0. The fourth-order valence-corrected chi connectivity index (χ4v) is 9.37. The number of rotatable bonds is 5. The van der Waals surface area contributed by atoms with E-state index in [-0.39, 0.29) is 0 Å². The molecule has 0 atom stereocenters. The van der Waals surface area contributed by atoms with Crippen molar-refractivity contribution in [1.29, 1.82) is 0 Å². The summed E-state index contributed by atoms with van der Waals surface area (Å²) in [5.74, 6) is 1.77. The Balaban J connectivity index is 1.14. The van der Waals surface area contributed by atoms with Crippen LogP contribution in [0.25, 0.3) is 127 Å². The summed E-state index contributed by atoms with van der Waals surface area (Å²) in [6.07, 6.45) is 0. The van der Waals surface area contributed by atoms with E-state index in [1.54, 1.807) is 0 Å². The van der Waals surface area contributed by atoms with Crippen molar-refractivity contribution in [3.8, 4) is 51.0 Å². The van der Waals surface area contributed by atoms with Gasteiger partial charge >= 0.3 is 0 Å². The molecule has 288 valence electrons. The molecule has 0 saturated carbocycles. The lowest BCUT2D eigenvalue weighted by atomic mass is 10.0. The van der Waals surface area contributed by atoms with Crippen LogP contribution in [0.15, 0.2) is 211 Å². The van der Waals surface area contributed by atoms with Gasteiger partial charge in [-0.2, -0.15) is 0 Å². The van der Waals surface area contributed by atoms with E-state index in [1.165, 1.54) is 32.3 Å². The van der Waals surface area contributed by atoms with Gasteiger partial charge in [0.25, 0.3) is 0 Å². The second kappa shape index (κ2) is 13.6. The molecular formula is C57H34N4O. The predicted molar refractivity (Wildman–Crippen MR) is 256 cm³/mol. The van der Waals surface area contributed by atoms with Crippen molar-refractivity contribution in [2.45, 2.75) is 0 Å². The molecule has 0 saturated heterocycles. The Kier molecular flexibility index (Phi) is 7.54. The largest absolute Gasteiger partial charge is 0.456 e. The van der Waals surface area contributed by atoms with Gasteiger partial charge in [0.05, 0.1) is 22.1 Å². The summed E-state index contributed by atoms with van der Waals surface area (Å²) < 4.78 is 9.08. The van der Waals surface area contributed by atoms with E-state index in [0.29, 0.717) is 17.5 Å². The summed E-state index contributed by atoms with van der Waals surface area (Å²) in [4.78, 5) is 16.0. The van der Waals surface area contributed by atoms with Crippen molar-refractivity contribution < 1.29 is 4.42 Å². The number of fused-ring (bicyclic) bond motifs is 9. The molecule has 3 aromatic heterocycles. The van der Waals surface area contributed by atoms with Crippen LogP contribution in [0, 0.1) is 0 Å². The molecule has 0 radical (unpaired) electrons. The summed E-state index contributed by atoms with van der Waals surface area (Å²) in [5.41, 5.74) is 9.74. The number of hydrogen-bond donors (Lipinski definition) is 0. The van der Waals surface area contributed by atoms with Gasteiger partial charge in [-0.25, -0.2) is 15.0 Å². The first-order valence-corrected chi connectivity index (χ1v) is 20.9. The first-order valence-electron chi connectivity index (χ1n) is 20.9. The van der Waals surface area contributed by atoms with E-state index >= 15 is 0 Å². The first-order chi connectivity index (χ1) is 30.7. The molecule has 13 rings (SSSR count). The molecule has 0 amide bonds. The van der Waals surface area contributed by atoms with Crippen LogP contribution in [0.3, 0.4) is 0 Å². The maximum Gasteiger partial charge on any atom is 0.166 e. The molecule has 0 aliphatic carbocycles. The van der Waals surface area contributed by atoms with Crippen LogP contribution < -0.4 is 0 Å². The zero-order valence-corrected chi connectivity index (χ0v) is 33.3. The third-order valence-corrected chi connectivity index (χ3v) is 12.4. The number of aromatic nitrogens is 4. The van der Waals surface area contributed by atoms with Crippen LogP contribution in [0.5, 0.6) is 0 Å². The van der Waals surface area contributed by atoms with Gasteiger partial charge in [-0.1, -0.05) is 158 Å². The highest BCUT2D eigenvalue weighted by atomic mass is 16.3. The molecule has 0 fully saturated rings. The standard InChI is InChI=1S/C57H34N4O/c1-2-12-35(13-3-1)37-22-25-38(26-23-37)55-58-56(44-27-24-36-14-4-5-15-39(36)30-44)60-57(59-55)46-28-29-52-53(45-20-10-11-21-51(45)62-52)54(46)61-49-33-42-18-8-6-16-40(42)31-47(49)48-32-41-17-7-9-19-43(41)34-50(48)61/h1-34H. The van der Waals surface area contributed by atoms with E-state index in [0.717, 1.165) is 77.2 Å². The Bertz CT molecular complexity index is 3830. The van der Waals surface area contributed by atoms with Crippen molar-refractivity contribution in [1.82, 2.24) is 19.5 Å². The fourth-order valence-electron chi connectivity index (χ4n) is 9.37. The van der Waals surface area contributed by atoms with Crippen LogP contribution in [-0.2, 0) is 0 Å². The number of furan rings is 1. The summed E-state index contributed by atoms with van der Waals surface area (Å²) in [7, 11) is 0. The molecule has 10 aromatic carbocycles. The van der Waals surface area contributed by atoms with Crippen molar-refractivity contribution in [3.05, 3.63) is 206 Å². The summed E-state index contributed by atoms with van der Waals surface area (Å²) >= 11 is 0. The highest BCUT2D eigenvalue weighted by Gasteiger charge is 2.25. The van der Waals surface area contributed by atoms with Crippen LogP contribution in [0.2, 0.25) is 0 Å². The lowest BCUT2D eigenvalue weighted by Gasteiger charge is -2.16. The highest BCUT2D eigenvalue weighted by Crippen LogP contribution is 2.45. The van der Waals surface area contributed by atoms with Crippen LogP contribution in [0.4, 0.5) is 0 Å². The normalized spacial score (nSPS) is 11.9. The van der Waals surface area contributed by atoms with E-state index in [1.807, 2.05) is 18.2 Å². The maximum absolute atomic E-state index is 6.65. The number of hydrogen-bond acceptors (Lipinski definition) is 4. The molecule has 5 nitrogen and oxygen atoms in total. The molecular weight excluding hydrogens is 757 g/mol. The minimum Gasteiger partial charge on any atom is -0.456 e.